The number of hydrogen-bond donors (Lipinski definition) is 0. The summed E-state index contributed by atoms with van der Waals surface area (Å²) in [5.74, 6) is 0.330. The maximum atomic E-state index is 11.0. The van der Waals surface area contributed by atoms with Crippen molar-refractivity contribution < 1.29 is 4.79 Å². The fourth-order valence-corrected chi connectivity index (χ4v) is 1.33. The normalized spacial score (nSPS) is 11.3. The van der Waals surface area contributed by atoms with E-state index in [0.717, 1.165) is 6.42 Å². The highest BCUT2D eigenvalue weighted by Gasteiger charge is 1.93. The first-order valence-electron chi connectivity index (χ1n) is 5.73. The lowest BCUT2D eigenvalue weighted by Crippen LogP contribution is -1.92. The van der Waals surface area contributed by atoms with Crippen molar-refractivity contribution >= 4 is 11.9 Å². The zero-order valence-corrected chi connectivity index (χ0v) is 9.73. The summed E-state index contributed by atoms with van der Waals surface area (Å²) in [5.41, 5.74) is 1.19. The molecule has 0 saturated heterocycles. The van der Waals surface area contributed by atoms with Gasteiger partial charge in [-0.25, -0.2) is 0 Å². The number of rotatable bonds is 6. The summed E-state index contributed by atoms with van der Waals surface area (Å²) in [6, 6.07) is 10.2. The summed E-state index contributed by atoms with van der Waals surface area (Å²) in [6.07, 6.45) is 10.2. The Morgan fingerprint density at radius 1 is 1.19 bits per heavy atom. The minimum Gasteiger partial charge on any atom is -0.300 e. The summed E-state index contributed by atoms with van der Waals surface area (Å²) >= 11 is 0. The van der Waals surface area contributed by atoms with Gasteiger partial charge >= 0.3 is 0 Å². The Balaban J connectivity index is 2.27. The van der Waals surface area contributed by atoms with Gasteiger partial charge in [0.2, 0.25) is 0 Å². The summed E-state index contributed by atoms with van der Waals surface area (Å²) in [6.45, 7) is 1.90. The van der Waals surface area contributed by atoms with Crippen LogP contribution in [0.15, 0.2) is 48.6 Å². The standard InChI is InChI=1S/C15H18O/c1-2-15(16)13-9-4-3-6-10-14-11-7-5-8-12-14/h3-8,10-12H,2,9,13H2,1H3/b4-3-,10-6+. The van der Waals surface area contributed by atoms with Crippen molar-refractivity contribution in [2.75, 3.05) is 0 Å². The predicted octanol–water partition coefficient (Wildman–Crippen LogP) is 4.02. The molecule has 84 valence electrons. The molecule has 0 bridgehead atoms. The van der Waals surface area contributed by atoms with E-state index in [4.69, 9.17) is 0 Å². The van der Waals surface area contributed by atoms with Gasteiger partial charge in [-0.2, -0.15) is 0 Å². The molecule has 0 aliphatic rings. The Morgan fingerprint density at radius 2 is 1.94 bits per heavy atom. The van der Waals surface area contributed by atoms with Crippen LogP contribution in [0.1, 0.15) is 31.7 Å². The average molecular weight is 214 g/mol. The van der Waals surface area contributed by atoms with Crippen LogP contribution in [0.3, 0.4) is 0 Å². The number of benzene rings is 1. The molecule has 1 rings (SSSR count). The zero-order chi connectivity index (χ0) is 11.6. The van der Waals surface area contributed by atoms with E-state index in [9.17, 15) is 4.79 Å². The van der Waals surface area contributed by atoms with Gasteiger partial charge in [-0.15, -0.1) is 0 Å². The molecule has 1 nitrogen and oxygen atoms in total. The molecule has 0 aliphatic carbocycles. The number of allylic oxidation sites excluding steroid dienone is 3. The van der Waals surface area contributed by atoms with Gasteiger partial charge < -0.3 is 0 Å². The van der Waals surface area contributed by atoms with Gasteiger partial charge in [0.15, 0.2) is 0 Å². The Labute approximate surface area is 97.5 Å². The molecule has 1 aromatic rings. The predicted molar refractivity (Wildman–Crippen MR) is 69.1 cm³/mol. The fourth-order valence-electron chi connectivity index (χ4n) is 1.33. The Kier molecular flexibility index (Phi) is 5.94. The van der Waals surface area contributed by atoms with E-state index in [-0.39, 0.29) is 0 Å². The van der Waals surface area contributed by atoms with E-state index in [1.165, 1.54) is 5.56 Å². The summed E-state index contributed by atoms with van der Waals surface area (Å²) in [5, 5.41) is 0. The first-order chi connectivity index (χ1) is 7.83. The van der Waals surface area contributed by atoms with E-state index >= 15 is 0 Å². The van der Waals surface area contributed by atoms with Gasteiger partial charge in [-0.05, 0) is 12.0 Å². The fraction of sp³-hybridized carbons (Fsp3) is 0.267. The van der Waals surface area contributed by atoms with Crippen molar-refractivity contribution in [2.45, 2.75) is 26.2 Å². The molecule has 1 heteroatoms. The lowest BCUT2D eigenvalue weighted by molar-refractivity contribution is -0.118. The van der Waals surface area contributed by atoms with Crippen LogP contribution in [-0.4, -0.2) is 5.78 Å². The molecule has 0 radical (unpaired) electrons. The molecule has 0 aliphatic heterocycles. The van der Waals surface area contributed by atoms with Gasteiger partial charge in [0.05, 0.1) is 0 Å². The van der Waals surface area contributed by atoms with Crippen LogP contribution in [0.2, 0.25) is 0 Å². The van der Waals surface area contributed by atoms with E-state index in [2.05, 4.69) is 18.2 Å². The first kappa shape index (κ1) is 12.4. The third-order valence-corrected chi connectivity index (χ3v) is 2.32. The summed E-state index contributed by atoms with van der Waals surface area (Å²) in [7, 11) is 0. The molecular weight excluding hydrogens is 196 g/mol. The molecule has 0 aromatic heterocycles. The molecule has 1 aromatic carbocycles. The molecule has 0 fully saturated rings. The topological polar surface area (TPSA) is 17.1 Å². The minimum atomic E-state index is 0.330. The number of hydrogen-bond acceptors (Lipinski definition) is 1. The van der Waals surface area contributed by atoms with Crippen molar-refractivity contribution in [3.05, 3.63) is 54.1 Å². The first-order valence-corrected chi connectivity index (χ1v) is 5.73. The summed E-state index contributed by atoms with van der Waals surface area (Å²) in [4.78, 5) is 11.0. The average Bonchev–Trinajstić information content (AvgIpc) is 2.34. The molecular formula is C15H18O. The smallest absolute Gasteiger partial charge is 0.132 e. The maximum absolute atomic E-state index is 11.0. The van der Waals surface area contributed by atoms with Crippen molar-refractivity contribution in [2.24, 2.45) is 0 Å². The summed E-state index contributed by atoms with van der Waals surface area (Å²) < 4.78 is 0. The van der Waals surface area contributed by atoms with Gasteiger partial charge in [-0.3, -0.25) is 4.79 Å². The highest BCUT2D eigenvalue weighted by molar-refractivity contribution is 5.78. The lowest BCUT2D eigenvalue weighted by atomic mass is 10.1. The molecule has 0 amide bonds. The lowest BCUT2D eigenvalue weighted by Gasteiger charge is -1.91. The highest BCUT2D eigenvalue weighted by Crippen LogP contribution is 2.01. The van der Waals surface area contributed by atoms with Crippen molar-refractivity contribution in [1.29, 1.82) is 0 Å². The van der Waals surface area contributed by atoms with Crippen LogP contribution in [0.4, 0.5) is 0 Å². The van der Waals surface area contributed by atoms with Gasteiger partial charge in [0.25, 0.3) is 0 Å². The van der Waals surface area contributed by atoms with Gasteiger partial charge in [-0.1, -0.05) is 61.6 Å². The minimum absolute atomic E-state index is 0.330. The number of Topliss-reactive ketones (excluding diaryl/α,β-unsaturated/α-hetero) is 1. The maximum Gasteiger partial charge on any atom is 0.132 e. The Bertz CT molecular complexity index is 360. The van der Waals surface area contributed by atoms with Crippen LogP contribution in [0.5, 0.6) is 0 Å². The SMILES string of the molecule is CCC(=O)CC/C=C\C=C\c1ccccc1. The molecule has 0 unspecified atom stereocenters. The van der Waals surface area contributed by atoms with E-state index in [1.807, 2.05) is 43.4 Å². The van der Waals surface area contributed by atoms with E-state index in [1.54, 1.807) is 0 Å². The second-order valence-corrected chi connectivity index (χ2v) is 3.63. The highest BCUT2D eigenvalue weighted by atomic mass is 16.1. The molecule has 0 saturated carbocycles. The molecule has 0 atom stereocenters. The second-order valence-electron chi connectivity index (χ2n) is 3.63. The monoisotopic (exact) mass is 214 g/mol. The van der Waals surface area contributed by atoms with Gasteiger partial charge in [0, 0.05) is 12.8 Å². The van der Waals surface area contributed by atoms with Crippen molar-refractivity contribution in [3.63, 3.8) is 0 Å². The van der Waals surface area contributed by atoms with Crippen LogP contribution in [0.25, 0.3) is 6.08 Å². The van der Waals surface area contributed by atoms with Crippen LogP contribution >= 0.6 is 0 Å². The quantitative estimate of drug-likeness (QED) is 0.654. The third kappa shape index (κ3) is 5.30. The molecule has 0 heterocycles. The largest absolute Gasteiger partial charge is 0.300 e. The number of carbonyl (C=O) groups is 1. The van der Waals surface area contributed by atoms with Gasteiger partial charge in [0.1, 0.15) is 5.78 Å². The molecule has 16 heavy (non-hydrogen) atoms. The number of carbonyl (C=O) groups excluding carboxylic acids is 1. The zero-order valence-electron chi connectivity index (χ0n) is 9.73. The van der Waals surface area contributed by atoms with Crippen molar-refractivity contribution in [1.82, 2.24) is 0 Å². The molecule has 0 spiro atoms. The van der Waals surface area contributed by atoms with E-state index in [0.29, 0.717) is 18.6 Å². The Hall–Kier alpha value is -1.63. The molecule has 0 N–H and O–H groups in total. The van der Waals surface area contributed by atoms with Crippen LogP contribution < -0.4 is 0 Å². The third-order valence-electron chi connectivity index (χ3n) is 2.32. The Morgan fingerprint density at radius 3 is 2.62 bits per heavy atom. The second kappa shape index (κ2) is 7.63. The van der Waals surface area contributed by atoms with Crippen molar-refractivity contribution in [3.8, 4) is 0 Å². The van der Waals surface area contributed by atoms with E-state index < -0.39 is 0 Å². The number of ketones is 1. The van der Waals surface area contributed by atoms with Crippen LogP contribution in [0, 0.1) is 0 Å². The van der Waals surface area contributed by atoms with Crippen LogP contribution in [-0.2, 0) is 4.79 Å².